The Morgan fingerprint density at radius 3 is 2.46 bits per heavy atom. The van der Waals surface area contributed by atoms with Crippen molar-refractivity contribution in [3.63, 3.8) is 0 Å². The molecule has 0 bridgehead atoms. The van der Waals surface area contributed by atoms with Gasteiger partial charge in [0.05, 0.1) is 4.90 Å². The van der Waals surface area contributed by atoms with Crippen molar-refractivity contribution < 1.29 is 13.2 Å². The average Bonchev–Trinajstić information content (AvgIpc) is 2.58. The SMILES string of the molecule is C=CCN(CCc1ccccc1)C(=O)c1cccc(S(C)(=O)=O)c1. The van der Waals surface area contributed by atoms with Crippen molar-refractivity contribution in [2.75, 3.05) is 19.3 Å². The summed E-state index contributed by atoms with van der Waals surface area (Å²) in [4.78, 5) is 14.5. The summed E-state index contributed by atoms with van der Waals surface area (Å²) in [6.07, 6.45) is 3.53. The van der Waals surface area contributed by atoms with Crippen LogP contribution in [0.25, 0.3) is 0 Å². The minimum Gasteiger partial charge on any atom is -0.335 e. The number of benzene rings is 2. The number of hydrogen-bond donors (Lipinski definition) is 0. The quantitative estimate of drug-likeness (QED) is 0.726. The highest BCUT2D eigenvalue weighted by Crippen LogP contribution is 2.14. The van der Waals surface area contributed by atoms with Crippen molar-refractivity contribution in [2.45, 2.75) is 11.3 Å². The van der Waals surface area contributed by atoms with Gasteiger partial charge in [-0.25, -0.2) is 8.42 Å². The van der Waals surface area contributed by atoms with Crippen LogP contribution in [-0.4, -0.2) is 38.6 Å². The molecule has 0 aliphatic heterocycles. The van der Waals surface area contributed by atoms with Gasteiger partial charge in [0.25, 0.3) is 5.91 Å². The number of sulfone groups is 1. The van der Waals surface area contributed by atoms with Crippen LogP contribution in [-0.2, 0) is 16.3 Å². The van der Waals surface area contributed by atoms with Gasteiger partial charge in [0, 0.05) is 24.9 Å². The number of nitrogens with zero attached hydrogens (tertiary/aromatic N) is 1. The van der Waals surface area contributed by atoms with Gasteiger partial charge in [-0.1, -0.05) is 42.5 Å². The fourth-order valence-electron chi connectivity index (χ4n) is 2.38. The smallest absolute Gasteiger partial charge is 0.254 e. The molecule has 2 aromatic rings. The van der Waals surface area contributed by atoms with Crippen molar-refractivity contribution >= 4 is 15.7 Å². The van der Waals surface area contributed by atoms with E-state index in [9.17, 15) is 13.2 Å². The fraction of sp³-hybridized carbons (Fsp3) is 0.211. The van der Waals surface area contributed by atoms with E-state index in [1.54, 1.807) is 23.1 Å². The van der Waals surface area contributed by atoms with Gasteiger partial charge in [-0.2, -0.15) is 0 Å². The monoisotopic (exact) mass is 343 g/mol. The predicted octanol–water partition coefficient (Wildman–Crippen LogP) is 2.96. The van der Waals surface area contributed by atoms with Gasteiger partial charge in [-0.3, -0.25) is 4.79 Å². The first kappa shape index (κ1) is 17.9. The van der Waals surface area contributed by atoms with E-state index in [-0.39, 0.29) is 10.8 Å². The molecular weight excluding hydrogens is 322 g/mol. The average molecular weight is 343 g/mol. The molecule has 0 heterocycles. The molecule has 0 saturated carbocycles. The molecule has 0 aliphatic rings. The molecule has 0 atom stereocenters. The van der Waals surface area contributed by atoms with Crippen LogP contribution in [0.4, 0.5) is 0 Å². The fourth-order valence-corrected chi connectivity index (χ4v) is 3.05. The topological polar surface area (TPSA) is 54.5 Å². The molecule has 1 amide bonds. The molecule has 0 aliphatic carbocycles. The Hall–Kier alpha value is -2.40. The minimum atomic E-state index is -3.34. The first-order valence-electron chi connectivity index (χ1n) is 7.66. The second-order valence-electron chi connectivity index (χ2n) is 5.58. The van der Waals surface area contributed by atoms with Gasteiger partial charge in [0.15, 0.2) is 9.84 Å². The molecule has 0 spiro atoms. The van der Waals surface area contributed by atoms with Crippen molar-refractivity contribution in [3.8, 4) is 0 Å². The largest absolute Gasteiger partial charge is 0.335 e. The lowest BCUT2D eigenvalue weighted by Gasteiger charge is -2.21. The van der Waals surface area contributed by atoms with Crippen LogP contribution in [0, 0.1) is 0 Å². The van der Waals surface area contributed by atoms with Crippen LogP contribution in [0.1, 0.15) is 15.9 Å². The Labute approximate surface area is 143 Å². The molecule has 4 nitrogen and oxygen atoms in total. The van der Waals surface area contributed by atoms with Gasteiger partial charge in [0.1, 0.15) is 0 Å². The zero-order valence-electron chi connectivity index (χ0n) is 13.7. The lowest BCUT2D eigenvalue weighted by atomic mass is 10.1. The summed E-state index contributed by atoms with van der Waals surface area (Å²) in [5.41, 5.74) is 1.51. The predicted molar refractivity (Wildman–Crippen MR) is 95.8 cm³/mol. The lowest BCUT2D eigenvalue weighted by molar-refractivity contribution is 0.0775. The summed E-state index contributed by atoms with van der Waals surface area (Å²) >= 11 is 0. The van der Waals surface area contributed by atoms with E-state index in [4.69, 9.17) is 0 Å². The molecule has 0 unspecified atom stereocenters. The molecule has 24 heavy (non-hydrogen) atoms. The number of carbonyl (C=O) groups excluding carboxylic acids is 1. The summed E-state index contributed by atoms with van der Waals surface area (Å²) in [7, 11) is -3.34. The number of carbonyl (C=O) groups is 1. The first-order valence-corrected chi connectivity index (χ1v) is 9.55. The molecule has 2 aromatic carbocycles. The second kappa shape index (κ2) is 7.93. The van der Waals surface area contributed by atoms with E-state index in [0.29, 0.717) is 18.7 Å². The zero-order valence-corrected chi connectivity index (χ0v) is 14.5. The normalized spacial score (nSPS) is 11.0. The maximum Gasteiger partial charge on any atom is 0.254 e. The Morgan fingerprint density at radius 2 is 1.83 bits per heavy atom. The molecule has 2 rings (SSSR count). The van der Waals surface area contributed by atoms with Gasteiger partial charge in [-0.15, -0.1) is 6.58 Å². The molecule has 0 N–H and O–H groups in total. The highest BCUT2D eigenvalue weighted by Gasteiger charge is 2.17. The van der Waals surface area contributed by atoms with E-state index in [1.807, 2.05) is 30.3 Å². The first-order chi connectivity index (χ1) is 11.4. The van der Waals surface area contributed by atoms with E-state index in [2.05, 4.69) is 6.58 Å². The van der Waals surface area contributed by atoms with Crippen LogP contribution in [0.2, 0.25) is 0 Å². The molecule has 0 fully saturated rings. The van der Waals surface area contributed by atoms with Gasteiger partial charge < -0.3 is 4.90 Å². The maximum atomic E-state index is 12.7. The van der Waals surface area contributed by atoms with Crippen LogP contribution in [0.3, 0.4) is 0 Å². The summed E-state index contributed by atoms with van der Waals surface area (Å²) in [5, 5.41) is 0. The van der Waals surface area contributed by atoms with E-state index in [0.717, 1.165) is 18.2 Å². The summed E-state index contributed by atoms with van der Waals surface area (Å²) in [6.45, 7) is 4.65. The number of hydrogen-bond acceptors (Lipinski definition) is 3. The van der Waals surface area contributed by atoms with Crippen molar-refractivity contribution in [1.29, 1.82) is 0 Å². The van der Waals surface area contributed by atoms with Crippen LogP contribution in [0.15, 0.2) is 72.1 Å². The minimum absolute atomic E-state index is 0.148. The highest BCUT2D eigenvalue weighted by molar-refractivity contribution is 7.90. The lowest BCUT2D eigenvalue weighted by Crippen LogP contribution is -2.33. The molecular formula is C19H21NO3S. The van der Waals surface area contributed by atoms with E-state index >= 15 is 0 Å². The summed E-state index contributed by atoms with van der Waals surface area (Å²) < 4.78 is 23.3. The Bertz CT molecular complexity index is 814. The third-order valence-electron chi connectivity index (χ3n) is 3.66. The second-order valence-corrected chi connectivity index (χ2v) is 7.59. The maximum absolute atomic E-state index is 12.7. The third-order valence-corrected chi connectivity index (χ3v) is 4.77. The van der Waals surface area contributed by atoms with Crippen molar-refractivity contribution in [3.05, 3.63) is 78.4 Å². The van der Waals surface area contributed by atoms with Crippen molar-refractivity contribution in [2.24, 2.45) is 0 Å². The molecule has 5 heteroatoms. The van der Waals surface area contributed by atoms with Gasteiger partial charge in [0.2, 0.25) is 0 Å². The highest BCUT2D eigenvalue weighted by atomic mass is 32.2. The molecule has 0 radical (unpaired) electrons. The van der Waals surface area contributed by atoms with Crippen LogP contribution in [0.5, 0.6) is 0 Å². The van der Waals surface area contributed by atoms with Gasteiger partial charge >= 0.3 is 0 Å². The van der Waals surface area contributed by atoms with Crippen molar-refractivity contribution in [1.82, 2.24) is 4.90 Å². The third kappa shape index (κ3) is 4.80. The van der Waals surface area contributed by atoms with Crippen LogP contribution < -0.4 is 0 Å². The van der Waals surface area contributed by atoms with E-state index < -0.39 is 9.84 Å². The molecule has 0 aromatic heterocycles. The molecule has 0 saturated heterocycles. The number of amides is 1. The Balaban J connectivity index is 2.18. The summed E-state index contributed by atoms with van der Waals surface area (Å²) in [5.74, 6) is -0.198. The molecule has 126 valence electrons. The summed E-state index contributed by atoms with van der Waals surface area (Å²) in [6, 6.07) is 16.1. The zero-order chi connectivity index (χ0) is 17.6. The van der Waals surface area contributed by atoms with E-state index in [1.165, 1.54) is 12.1 Å². The standard InChI is InChI=1S/C19H21NO3S/c1-3-13-20(14-12-16-8-5-4-6-9-16)19(21)17-10-7-11-18(15-17)24(2,22)23/h3-11,15H,1,12-14H2,2H3. The number of rotatable bonds is 7. The Kier molecular flexibility index (Phi) is 5.93. The van der Waals surface area contributed by atoms with Gasteiger partial charge in [-0.05, 0) is 30.2 Å². The van der Waals surface area contributed by atoms with Crippen LogP contribution >= 0.6 is 0 Å². The Morgan fingerprint density at radius 1 is 1.12 bits per heavy atom.